The molecule has 27 heavy (non-hydrogen) atoms. The predicted molar refractivity (Wildman–Crippen MR) is 118 cm³/mol. The van der Waals surface area contributed by atoms with E-state index in [0.717, 1.165) is 44.1 Å². The SMILES string of the molecule is CN=C(NCc1nccc2ccccc12)N1CCCC2(CNC(=O)C2)C1.I. The summed E-state index contributed by atoms with van der Waals surface area (Å²) in [6, 6.07) is 10.3. The van der Waals surface area contributed by atoms with Gasteiger partial charge in [0.05, 0.1) is 12.2 Å². The van der Waals surface area contributed by atoms with Crippen molar-refractivity contribution in [1.82, 2.24) is 20.5 Å². The number of carbonyl (C=O) groups is 1. The van der Waals surface area contributed by atoms with Crippen LogP contribution in [0.5, 0.6) is 0 Å². The quantitative estimate of drug-likeness (QED) is 0.395. The van der Waals surface area contributed by atoms with Crippen molar-refractivity contribution in [2.24, 2.45) is 10.4 Å². The zero-order valence-electron chi connectivity index (χ0n) is 15.6. The molecule has 1 amide bonds. The topological polar surface area (TPSA) is 69.6 Å². The van der Waals surface area contributed by atoms with Gasteiger partial charge in [-0.3, -0.25) is 14.8 Å². The maximum absolute atomic E-state index is 11.7. The lowest BCUT2D eigenvalue weighted by atomic mass is 9.79. The van der Waals surface area contributed by atoms with Crippen molar-refractivity contribution >= 4 is 46.6 Å². The molecule has 1 aromatic carbocycles. The highest BCUT2D eigenvalue weighted by molar-refractivity contribution is 14.0. The van der Waals surface area contributed by atoms with E-state index in [2.05, 4.69) is 37.6 Å². The van der Waals surface area contributed by atoms with Crippen LogP contribution in [0.15, 0.2) is 41.5 Å². The number of amides is 1. The number of piperidine rings is 1. The Morgan fingerprint density at radius 1 is 1.37 bits per heavy atom. The smallest absolute Gasteiger partial charge is 0.220 e. The predicted octanol–water partition coefficient (Wildman–Crippen LogP) is 2.53. The second kappa shape index (κ2) is 8.41. The highest BCUT2D eigenvalue weighted by Gasteiger charge is 2.42. The molecule has 1 atom stereocenters. The molecule has 6 nitrogen and oxygen atoms in total. The molecule has 0 saturated carbocycles. The average Bonchev–Trinajstić information content (AvgIpc) is 3.02. The van der Waals surface area contributed by atoms with Gasteiger partial charge in [-0.2, -0.15) is 0 Å². The van der Waals surface area contributed by atoms with Crippen LogP contribution in [0.3, 0.4) is 0 Å². The third-order valence-corrected chi connectivity index (χ3v) is 5.54. The summed E-state index contributed by atoms with van der Waals surface area (Å²) in [5, 5.41) is 8.83. The van der Waals surface area contributed by atoms with Gasteiger partial charge < -0.3 is 15.5 Å². The highest BCUT2D eigenvalue weighted by Crippen LogP contribution is 2.36. The van der Waals surface area contributed by atoms with Crippen molar-refractivity contribution in [3.05, 3.63) is 42.2 Å². The molecule has 2 saturated heterocycles. The number of nitrogens with zero attached hydrogens (tertiary/aromatic N) is 3. The van der Waals surface area contributed by atoms with E-state index in [-0.39, 0.29) is 35.3 Å². The van der Waals surface area contributed by atoms with E-state index < -0.39 is 0 Å². The van der Waals surface area contributed by atoms with Gasteiger partial charge in [0.15, 0.2) is 5.96 Å². The number of fused-ring (bicyclic) bond motifs is 1. The molecule has 0 aliphatic carbocycles. The Morgan fingerprint density at radius 2 is 2.22 bits per heavy atom. The molecule has 2 N–H and O–H groups in total. The molecule has 144 valence electrons. The van der Waals surface area contributed by atoms with E-state index in [1.54, 1.807) is 0 Å². The fourth-order valence-electron chi connectivity index (χ4n) is 4.25. The Labute approximate surface area is 176 Å². The molecule has 0 radical (unpaired) electrons. The lowest BCUT2D eigenvalue weighted by Crippen LogP contribution is -2.51. The molecular formula is C20H26IN5O. The first kappa shape index (κ1) is 19.9. The molecule has 2 aliphatic heterocycles. The molecule has 3 heterocycles. The van der Waals surface area contributed by atoms with Crippen molar-refractivity contribution in [3.63, 3.8) is 0 Å². The summed E-state index contributed by atoms with van der Waals surface area (Å²) in [6.07, 6.45) is 4.67. The number of aliphatic imine (C=N–C) groups is 1. The van der Waals surface area contributed by atoms with Gasteiger partial charge in [0.2, 0.25) is 5.91 Å². The Hall–Kier alpha value is -1.90. The minimum Gasteiger partial charge on any atom is -0.355 e. The van der Waals surface area contributed by atoms with Crippen LogP contribution in [0.25, 0.3) is 10.8 Å². The Kier molecular flexibility index (Phi) is 6.18. The third-order valence-electron chi connectivity index (χ3n) is 5.54. The van der Waals surface area contributed by atoms with Crippen LogP contribution in [-0.4, -0.2) is 48.4 Å². The maximum atomic E-state index is 11.7. The standard InChI is InChI=1S/C20H25N5O.HI/c1-21-19(25-10-4-8-20(14-25)11-18(26)24-13-20)23-12-17-16-6-3-2-5-15(16)7-9-22-17;/h2-3,5-7,9H,4,8,10-14H2,1H3,(H,21,23)(H,24,26);1H. The van der Waals surface area contributed by atoms with Gasteiger partial charge in [0, 0.05) is 50.1 Å². The van der Waals surface area contributed by atoms with E-state index in [1.165, 1.54) is 10.8 Å². The van der Waals surface area contributed by atoms with Crippen LogP contribution in [0.4, 0.5) is 0 Å². The van der Waals surface area contributed by atoms with E-state index in [9.17, 15) is 4.79 Å². The highest BCUT2D eigenvalue weighted by atomic mass is 127. The minimum absolute atomic E-state index is 0. The minimum atomic E-state index is 0. The number of hydrogen-bond acceptors (Lipinski definition) is 3. The molecule has 2 aliphatic rings. The van der Waals surface area contributed by atoms with Gasteiger partial charge in [-0.1, -0.05) is 24.3 Å². The van der Waals surface area contributed by atoms with E-state index in [4.69, 9.17) is 0 Å². The largest absolute Gasteiger partial charge is 0.355 e. The average molecular weight is 479 g/mol. The van der Waals surface area contributed by atoms with Gasteiger partial charge in [-0.25, -0.2) is 0 Å². The number of likely N-dealkylation sites (tertiary alicyclic amines) is 1. The van der Waals surface area contributed by atoms with Crippen LogP contribution in [0.1, 0.15) is 25.0 Å². The van der Waals surface area contributed by atoms with Crippen molar-refractivity contribution in [2.45, 2.75) is 25.8 Å². The van der Waals surface area contributed by atoms with E-state index in [0.29, 0.717) is 13.0 Å². The molecule has 0 bridgehead atoms. The number of carbonyl (C=O) groups excluding carboxylic acids is 1. The van der Waals surface area contributed by atoms with Crippen molar-refractivity contribution < 1.29 is 4.79 Å². The fourth-order valence-corrected chi connectivity index (χ4v) is 4.25. The van der Waals surface area contributed by atoms with E-state index >= 15 is 0 Å². The first-order chi connectivity index (χ1) is 12.7. The monoisotopic (exact) mass is 479 g/mol. The molecule has 1 unspecified atom stereocenters. The molecule has 1 spiro atoms. The summed E-state index contributed by atoms with van der Waals surface area (Å²) in [5.41, 5.74) is 1.08. The number of guanidine groups is 1. The van der Waals surface area contributed by atoms with Crippen LogP contribution in [-0.2, 0) is 11.3 Å². The van der Waals surface area contributed by atoms with Crippen molar-refractivity contribution in [1.29, 1.82) is 0 Å². The molecule has 1 aromatic heterocycles. The number of rotatable bonds is 2. The lowest BCUT2D eigenvalue weighted by molar-refractivity contribution is -0.119. The molecule has 7 heteroatoms. The fraction of sp³-hybridized carbons (Fsp3) is 0.450. The summed E-state index contributed by atoms with van der Waals surface area (Å²) in [7, 11) is 1.82. The lowest BCUT2D eigenvalue weighted by Gasteiger charge is -2.40. The Morgan fingerprint density at radius 3 is 3.00 bits per heavy atom. The Bertz CT molecular complexity index is 850. The molecular weight excluding hydrogens is 453 g/mol. The summed E-state index contributed by atoms with van der Waals surface area (Å²) < 4.78 is 0. The molecule has 2 fully saturated rings. The van der Waals surface area contributed by atoms with Gasteiger partial charge in [-0.05, 0) is 24.3 Å². The van der Waals surface area contributed by atoms with Gasteiger partial charge in [0.25, 0.3) is 0 Å². The van der Waals surface area contributed by atoms with Crippen molar-refractivity contribution in [3.8, 4) is 0 Å². The second-order valence-corrected chi connectivity index (χ2v) is 7.36. The normalized spacial score (nSPS) is 22.6. The summed E-state index contributed by atoms with van der Waals surface area (Å²) >= 11 is 0. The first-order valence-electron chi connectivity index (χ1n) is 9.24. The zero-order valence-corrected chi connectivity index (χ0v) is 17.9. The number of nitrogens with one attached hydrogen (secondary N) is 2. The molecule has 4 rings (SSSR count). The number of benzene rings is 1. The molecule has 2 aromatic rings. The number of pyridine rings is 1. The third kappa shape index (κ3) is 4.17. The zero-order chi connectivity index (χ0) is 18.0. The van der Waals surface area contributed by atoms with Crippen LogP contribution < -0.4 is 10.6 Å². The maximum Gasteiger partial charge on any atom is 0.220 e. The number of halogens is 1. The van der Waals surface area contributed by atoms with Gasteiger partial charge in [0.1, 0.15) is 0 Å². The number of hydrogen-bond donors (Lipinski definition) is 2. The summed E-state index contributed by atoms with van der Waals surface area (Å²) in [5.74, 6) is 1.06. The first-order valence-corrected chi connectivity index (χ1v) is 9.24. The summed E-state index contributed by atoms with van der Waals surface area (Å²) in [4.78, 5) is 23.0. The number of aromatic nitrogens is 1. The Balaban J connectivity index is 0.00000210. The van der Waals surface area contributed by atoms with Gasteiger partial charge in [-0.15, -0.1) is 24.0 Å². The van der Waals surface area contributed by atoms with Crippen LogP contribution >= 0.6 is 24.0 Å². The van der Waals surface area contributed by atoms with Crippen LogP contribution in [0, 0.1) is 5.41 Å². The summed E-state index contributed by atoms with van der Waals surface area (Å²) in [6.45, 7) is 3.26. The van der Waals surface area contributed by atoms with Crippen LogP contribution in [0.2, 0.25) is 0 Å². The van der Waals surface area contributed by atoms with Gasteiger partial charge >= 0.3 is 0 Å². The van der Waals surface area contributed by atoms with Crippen molar-refractivity contribution in [2.75, 3.05) is 26.7 Å². The second-order valence-electron chi connectivity index (χ2n) is 7.36. The van der Waals surface area contributed by atoms with E-state index in [1.807, 2.05) is 31.4 Å².